The van der Waals surface area contributed by atoms with Crippen molar-refractivity contribution in [2.45, 2.75) is 6.61 Å². The number of aromatic nitrogens is 1. The van der Waals surface area contributed by atoms with Crippen LogP contribution in [0.15, 0.2) is 36.5 Å². The fourth-order valence-corrected chi connectivity index (χ4v) is 1.60. The number of benzene rings is 1. The van der Waals surface area contributed by atoms with Crippen LogP contribution in [-0.4, -0.2) is 12.1 Å². The molecule has 5 heteroatoms. The first-order chi connectivity index (χ1) is 9.24. The molecule has 1 aromatic heterocycles. The zero-order chi connectivity index (χ0) is 13.7. The summed E-state index contributed by atoms with van der Waals surface area (Å²) in [5.74, 6) is -0.0203. The Morgan fingerprint density at radius 2 is 2.16 bits per heavy atom. The van der Waals surface area contributed by atoms with Crippen LogP contribution in [0.3, 0.4) is 0 Å². The predicted octanol–water partition coefficient (Wildman–Crippen LogP) is 2.68. The van der Waals surface area contributed by atoms with Crippen LogP contribution in [0, 0.1) is 17.3 Å². The molecule has 96 valence electrons. The van der Waals surface area contributed by atoms with E-state index in [0.29, 0.717) is 16.9 Å². The normalized spacial score (nSPS) is 9.74. The average Bonchev–Trinajstić information content (AvgIpc) is 2.46. The molecule has 0 aliphatic rings. The van der Waals surface area contributed by atoms with Crippen molar-refractivity contribution in [1.29, 1.82) is 5.26 Å². The van der Waals surface area contributed by atoms with Crippen LogP contribution in [0.4, 0.5) is 4.39 Å². The van der Waals surface area contributed by atoms with E-state index < -0.39 is 5.95 Å². The van der Waals surface area contributed by atoms with Crippen LogP contribution in [0.5, 0.6) is 11.5 Å². The van der Waals surface area contributed by atoms with Gasteiger partial charge in [0, 0.05) is 11.8 Å². The monoisotopic (exact) mass is 258 g/mol. The molecule has 2 rings (SSSR count). The van der Waals surface area contributed by atoms with Gasteiger partial charge in [0.15, 0.2) is 5.75 Å². The van der Waals surface area contributed by atoms with Crippen LogP contribution in [-0.2, 0) is 6.61 Å². The highest BCUT2D eigenvalue weighted by atomic mass is 19.1. The number of rotatable bonds is 4. The van der Waals surface area contributed by atoms with E-state index in [9.17, 15) is 4.39 Å². The Morgan fingerprint density at radius 1 is 1.32 bits per heavy atom. The summed E-state index contributed by atoms with van der Waals surface area (Å²) < 4.78 is 23.8. The molecule has 0 aliphatic carbocycles. The van der Waals surface area contributed by atoms with Gasteiger partial charge in [-0.3, -0.25) is 0 Å². The van der Waals surface area contributed by atoms with E-state index in [-0.39, 0.29) is 12.4 Å². The van der Waals surface area contributed by atoms with Crippen molar-refractivity contribution in [3.8, 4) is 17.6 Å². The molecule has 0 aliphatic heterocycles. The number of ether oxygens (including phenoxy) is 2. The van der Waals surface area contributed by atoms with Crippen LogP contribution in [0.2, 0.25) is 0 Å². The van der Waals surface area contributed by atoms with E-state index >= 15 is 0 Å². The molecular weight excluding hydrogens is 247 g/mol. The first-order valence-corrected chi connectivity index (χ1v) is 5.55. The van der Waals surface area contributed by atoms with Gasteiger partial charge >= 0.3 is 0 Å². The third kappa shape index (κ3) is 2.99. The highest BCUT2D eigenvalue weighted by Crippen LogP contribution is 2.22. The van der Waals surface area contributed by atoms with Crippen molar-refractivity contribution in [2.24, 2.45) is 0 Å². The molecule has 0 amide bonds. The Bertz CT molecular complexity index is 623. The minimum Gasteiger partial charge on any atom is -0.496 e. The van der Waals surface area contributed by atoms with Crippen molar-refractivity contribution >= 4 is 0 Å². The molecule has 0 fully saturated rings. The predicted molar refractivity (Wildman–Crippen MR) is 66.2 cm³/mol. The number of halogens is 1. The SMILES string of the molecule is COc1ccc(C#N)cc1COc1cccnc1F. The summed E-state index contributed by atoms with van der Waals surface area (Å²) in [7, 11) is 1.52. The van der Waals surface area contributed by atoms with Crippen molar-refractivity contribution < 1.29 is 13.9 Å². The maximum atomic E-state index is 13.3. The van der Waals surface area contributed by atoms with Crippen molar-refractivity contribution in [3.63, 3.8) is 0 Å². The summed E-state index contributed by atoms with van der Waals surface area (Å²) in [4.78, 5) is 3.49. The van der Waals surface area contributed by atoms with Gasteiger partial charge in [0.2, 0.25) is 0 Å². The topological polar surface area (TPSA) is 55.1 Å². The molecule has 1 heterocycles. The zero-order valence-corrected chi connectivity index (χ0v) is 10.3. The summed E-state index contributed by atoms with van der Waals surface area (Å²) in [5, 5.41) is 8.85. The summed E-state index contributed by atoms with van der Waals surface area (Å²) in [6, 6.07) is 10.1. The first-order valence-electron chi connectivity index (χ1n) is 5.55. The van der Waals surface area contributed by atoms with Gasteiger partial charge in [-0.15, -0.1) is 0 Å². The summed E-state index contributed by atoms with van der Waals surface area (Å²) >= 11 is 0. The number of pyridine rings is 1. The second-order valence-corrected chi connectivity index (χ2v) is 3.72. The number of nitriles is 1. The van der Waals surface area contributed by atoms with Crippen LogP contribution in [0.25, 0.3) is 0 Å². The van der Waals surface area contributed by atoms with Crippen LogP contribution in [0.1, 0.15) is 11.1 Å². The number of hydrogen-bond donors (Lipinski definition) is 0. The Balaban J connectivity index is 2.19. The molecule has 4 nitrogen and oxygen atoms in total. The second-order valence-electron chi connectivity index (χ2n) is 3.72. The van der Waals surface area contributed by atoms with E-state index in [4.69, 9.17) is 14.7 Å². The van der Waals surface area contributed by atoms with E-state index in [1.54, 1.807) is 24.3 Å². The van der Waals surface area contributed by atoms with Gasteiger partial charge in [-0.2, -0.15) is 9.65 Å². The van der Waals surface area contributed by atoms with Gasteiger partial charge in [-0.05, 0) is 30.3 Å². The van der Waals surface area contributed by atoms with Gasteiger partial charge < -0.3 is 9.47 Å². The average molecular weight is 258 g/mol. The standard InChI is InChI=1S/C14H11FN2O2/c1-18-12-5-4-10(8-16)7-11(12)9-19-13-3-2-6-17-14(13)15/h2-7H,9H2,1H3. The van der Waals surface area contributed by atoms with E-state index in [2.05, 4.69) is 4.98 Å². The largest absolute Gasteiger partial charge is 0.496 e. The number of methoxy groups -OCH3 is 1. The minimum atomic E-state index is -0.669. The Morgan fingerprint density at radius 3 is 2.84 bits per heavy atom. The third-order valence-electron chi connectivity index (χ3n) is 2.52. The number of hydrogen-bond acceptors (Lipinski definition) is 4. The van der Waals surface area contributed by atoms with Crippen molar-refractivity contribution in [1.82, 2.24) is 4.98 Å². The molecule has 0 saturated heterocycles. The Labute approximate surface area is 110 Å². The lowest BCUT2D eigenvalue weighted by Crippen LogP contribution is -2.01. The molecule has 0 unspecified atom stereocenters. The van der Waals surface area contributed by atoms with E-state index in [1.165, 1.54) is 19.4 Å². The smallest absolute Gasteiger partial charge is 0.255 e. The molecular formula is C14H11FN2O2. The Hall–Kier alpha value is -2.61. The van der Waals surface area contributed by atoms with Gasteiger partial charge in [0.05, 0.1) is 18.7 Å². The van der Waals surface area contributed by atoms with Gasteiger partial charge in [0.1, 0.15) is 12.4 Å². The highest BCUT2D eigenvalue weighted by Gasteiger charge is 2.08. The van der Waals surface area contributed by atoms with E-state index in [0.717, 1.165) is 0 Å². The summed E-state index contributed by atoms with van der Waals surface area (Å²) in [5.41, 5.74) is 1.16. The number of nitrogens with zero attached hydrogens (tertiary/aromatic N) is 2. The first kappa shape index (κ1) is 12.8. The van der Waals surface area contributed by atoms with Crippen LogP contribution >= 0.6 is 0 Å². The molecule has 0 N–H and O–H groups in total. The lowest BCUT2D eigenvalue weighted by molar-refractivity contribution is 0.278. The molecule has 0 atom stereocenters. The Kier molecular flexibility index (Phi) is 3.94. The lowest BCUT2D eigenvalue weighted by atomic mass is 10.1. The zero-order valence-electron chi connectivity index (χ0n) is 10.3. The van der Waals surface area contributed by atoms with Gasteiger partial charge in [-0.25, -0.2) is 4.98 Å². The molecule has 1 aromatic carbocycles. The highest BCUT2D eigenvalue weighted by molar-refractivity contribution is 5.42. The fourth-order valence-electron chi connectivity index (χ4n) is 1.60. The molecule has 0 radical (unpaired) electrons. The maximum absolute atomic E-state index is 13.3. The van der Waals surface area contributed by atoms with Gasteiger partial charge in [0.25, 0.3) is 5.95 Å². The molecule has 0 bridgehead atoms. The lowest BCUT2D eigenvalue weighted by Gasteiger charge is -2.10. The summed E-state index contributed by atoms with van der Waals surface area (Å²) in [6.07, 6.45) is 1.35. The summed E-state index contributed by atoms with van der Waals surface area (Å²) in [6.45, 7) is 0.0985. The van der Waals surface area contributed by atoms with Crippen molar-refractivity contribution in [2.75, 3.05) is 7.11 Å². The van der Waals surface area contributed by atoms with Crippen molar-refractivity contribution in [3.05, 3.63) is 53.6 Å². The second kappa shape index (κ2) is 5.83. The van der Waals surface area contributed by atoms with Crippen LogP contribution < -0.4 is 9.47 Å². The fraction of sp³-hybridized carbons (Fsp3) is 0.143. The van der Waals surface area contributed by atoms with E-state index in [1.807, 2.05) is 6.07 Å². The molecule has 2 aromatic rings. The third-order valence-corrected chi connectivity index (χ3v) is 2.52. The molecule has 19 heavy (non-hydrogen) atoms. The minimum absolute atomic E-state index is 0.0620. The molecule has 0 spiro atoms. The van der Waals surface area contributed by atoms with Gasteiger partial charge in [-0.1, -0.05) is 0 Å². The maximum Gasteiger partial charge on any atom is 0.255 e. The molecule has 0 saturated carbocycles. The quantitative estimate of drug-likeness (QED) is 0.791.